The first kappa shape index (κ1) is 26.8. The van der Waals surface area contributed by atoms with E-state index in [9.17, 15) is 14.4 Å². The molecule has 3 aromatic rings. The van der Waals surface area contributed by atoms with Crippen LogP contribution in [0, 0.1) is 5.92 Å². The molecule has 6 rings (SSSR count). The summed E-state index contributed by atoms with van der Waals surface area (Å²) in [5, 5.41) is 6.42. The lowest BCUT2D eigenvalue weighted by Crippen LogP contribution is -2.42. The van der Waals surface area contributed by atoms with Crippen molar-refractivity contribution < 1.29 is 19.1 Å². The van der Waals surface area contributed by atoms with Crippen LogP contribution in [0.15, 0.2) is 66.7 Å². The Kier molecular flexibility index (Phi) is 7.32. The molecule has 0 radical (unpaired) electrons. The molecule has 3 aliphatic rings. The van der Waals surface area contributed by atoms with Gasteiger partial charge in [0, 0.05) is 23.5 Å². The number of carbonyl (C=O) groups excluding carboxylic acids is 3. The van der Waals surface area contributed by atoms with Gasteiger partial charge in [-0.3, -0.25) is 14.5 Å². The van der Waals surface area contributed by atoms with Crippen LogP contribution in [0.4, 0.5) is 17.1 Å². The van der Waals surface area contributed by atoms with Gasteiger partial charge in [-0.15, -0.1) is 0 Å². The highest BCUT2D eigenvalue weighted by atomic mass is 16.5. The lowest BCUT2D eigenvalue weighted by molar-refractivity contribution is -0.120. The molecular formula is C33H34N4O4. The number of benzene rings is 3. The average Bonchev–Trinajstić information content (AvgIpc) is 3.56. The summed E-state index contributed by atoms with van der Waals surface area (Å²) in [5.74, 6) is 0.170. The van der Waals surface area contributed by atoms with Gasteiger partial charge in [0.25, 0.3) is 5.91 Å². The molecule has 1 fully saturated rings. The predicted octanol–water partition coefficient (Wildman–Crippen LogP) is 5.03. The van der Waals surface area contributed by atoms with Crippen molar-refractivity contribution in [2.24, 2.45) is 5.92 Å². The minimum Gasteiger partial charge on any atom is -0.465 e. The van der Waals surface area contributed by atoms with Gasteiger partial charge in [0.05, 0.1) is 36.2 Å². The number of fused-ring (bicyclic) bond motifs is 2. The Morgan fingerprint density at radius 1 is 0.976 bits per heavy atom. The molecule has 0 spiro atoms. The zero-order valence-corrected chi connectivity index (χ0v) is 23.4. The topological polar surface area (TPSA) is 91.0 Å². The van der Waals surface area contributed by atoms with Crippen LogP contribution in [-0.2, 0) is 20.7 Å². The highest BCUT2D eigenvalue weighted by molar-refractivity contribution is 6.37. The Labute approximate surface area is 240 Å². The van der Waals surface area contributed by atoms with Crippen molar-refractivity contribution >= 4 is 46.1 Å². The van der Waals surface area contributed by atoms with Gasteiger partial charge in [-0.05, 0) is 79.7 Å². The van der Waals surface area contributed by atoms with Crippen molar-refractivity contribution in [3.05, 3.63) is 89.0 Å². The van der Waals surface area contributed by atoms with E-state index in [0.717, 1.165) is 60.8 Å². The highest BCUT2D eigenvalue weighted by Gasteiger charge is 2.31. The van der Waals surface area contributed by atoms with Crippen molar-refractivity contribution in [2.45, 2.75) is 26.2 Å². The highest BCUT2D eigenvalue weighted by Crippen LogP contribution is 2.39. The number of rotatable bonds is 6. The van der Waals surface area contributed by atoms with E-state index in [4.69, 9.17) is 4.74 Å². The third kappa shape index (κ3) is 5.35. The first-order valence-electron chi connectivity index (χ1n) is 14.2. The number of anilines is 3. The first-order valence-corrected chi connectivity index (χ1v) is 14.2. The van der Waals surface area contributed by atoms with E-state index >= 15 is 0 Å². The van der Waals surface area contributed by atoms with Crippen LogP contribution in [0.1, 0.15) is 46.8 Å². The zero-order valence-electron chi connectivity index (χ0n) is 23.4. The van der Waals surface area contributed by atoms with Crippen molar-refractivity contribution in [3.8, 4) is 0 Å². The van der Waals surface area contributed by atoms with Gasteiger partial charge >= 0.3 is 5.97 Å². The molecule has 0 aromatic heterocycles. The summed E-state index contributed by atoms with van der Waals surface area (Å²) < 4.78 is 4.84. The molecule has 41 heavy (non-hydrogen) atoms. The van der Waals surface area contributed by atoms with Crippen LogP contribution >= 0.6 is 0 Å². The summed E-state index contributed by atoms with van der Waals surface area (Å²) in [5.41, 5.74) is 6.56. The Bertz CT molecular complexity index is 1540. The van der Waals surface area contributed by atoms with E-state index in [1.54, 1.807) is 18.2 Å². The summed E-state index contributed by atoms with van der Waals surface area (Å²) in [4.78, 5) is 42.7. The average molecular weight is 551 g/mol. The molecule has 0 saturated carbocycles. The van der Waals surface area contributed by atoms with Gasteiger partial charge in [0.2, 0.25) is 5.91 Å². The minimum atomic E-state index is -0.461. The second kappa shape index (κ2) is 11.2. The fourth-order valence-electron chi connectivity index (χ4n) is 5.93. The molecule has 1 saturated heterocycles. The Balaban J connectivity index is 1.29. The molecule has 8 heteroatoms. The number of esters is 1. The van der Waals surface area contributed by atoms with Crippen molar-refractivity contribution in [3.63, 3.8) is 0 Å². The van der Waals surface area contributed by atoms with Crippen molar-refractivity contribution in [1.82, 2.24) is 4.90 Å². The van der Waals surface area contributed by atoms with E-state index in [2.05, 4.69) is 28.5 Å². The molecule has 3 heterocycles. The summed E-state index contributed by atoms with van der Waals surface area (Å²) in [6, 6.07) is 20.8. The Hall–Kier alpha value is -4.43. The number of amides is 2. The number of carbonyl (C=O) groups is 3. The maximum atomic E-state index is 13.3. The van der Waals surface area contributed by atoms with E-state index in [1.807, 2.05) is 47.4 Å². The second-order valence-electron chi connectivity index (χ2n) is 11.0. The summed E-state index contributed by atoms with van der Waals surface area (Å²) in [6.07, 6.45) is 3.07. The molecule has 2 amide bonds. The lowest BCUT2D eigenvalue weighted by atomic mass is 9.99. The van der Waals surface area contributed by atoms with Crippen LogP contribution in [-0.4, -0.2) is 56.0 Å². The number of methoxy groups -OCH3 is 1. The van der Waals surface area contributed by atoms with Crippen LogP contribution in [0.3, 0.4) is 0 Å². The molecule has 3 aliphatic heterocycles. The monoisotopic (exact) mass is 550 g/mol. The predicted molar refractivity (Wildman–Crippen MR) is 161 cm³/mol. The van der Waals surface area contributed by atoms with Gasteiger partial charge in [0.1, 0.15) is 0 Å². The van der Waals surface area contributed by atoms with Gasteiger partial charge in [0.15, 0.2) is 0 Å². The number of ether oxygens (including phenoxy) is 1. The number of hydrogen-bond donors (Lipinski definition) is 2. The summed E-state index contributed by atoms with van der Waals surface area (Å²) >= 11 is 0. The van der Waals surface area contributed by atoms with Gasteiger partial charge < -0.3 is 20.3 Å². The van der Waals surface area contributed by atoms with Gasteiger partial charge in [-0.25, -0.2) is 4.79 Å². The van der Waals surface area contributed by atoms with E-state index in [1.165, 1.54) is 7.11 Å². The van der Waals surface area contributed by atoms with Gasteiger partial charge in [-0.2, -0.15) is 0 Å². The van der Waals surface area contributed by atoms with Crippen LogP contribution in [0.5, 0.6) is 0 Å². The molecule has 0 aliphatic carbocycles. The van der Waals surface area contributed by atoms with Crippen LogP contribution in [0.2, 0.25) is 0 Å². The number of nitrogens with one attached hydrogen (secondary N) is 2. The maximum Gasteiger partial charge on any atom is 0.337 e. The maximum absolute atomic E-state index is 13.3. The number of hydrogen-bond acceptors (Lipinski definition) is 6. The normalized spacial score (nSPS) is 18.0. The largest absolute Gasteiger partial charge is 0.465 e. The Morgan fingerprint density at radius 3 is 2.51 bits per heavy atom. The van der Waals surface area contributed by atoms with E-state index < -0.39 is 5.97 Å². The Morgan fingerprint density at radius 2 is 1.76 bits per heavy atom. The number of nitrogens with zero attached hydrogens (tertiary/aromatic N) is 2. The SMILES string of the molecule is COC(=O)c1ccc2c(c1)NC(=O)/C2=C(\Nc1ccc2c(c1)CCN2C(=O)CN1CCC(C)CC1)c1ccccc1. The standard InChI is InChI=1S/C33H34N4O4/c1-21-12-15-36(16-13-21)20-29(38)37-17-14-23-18-25(9-11-28(23)37)34-31(22-6-4-3-5-7-22)30-26-10-8-24(33(40)41-2)19-27(26)35-32(30)39/h3-11,18-19,21,34H,12-17,20H2,1-2H3,(H,35,39)/b31-30-. The first-order chi connectivity index (χ1) is 19.9. The van der Waals surface area contributed by atoms with E-state index in [0.29, 0.717) is 41.2 Å². The summed E-state index contributed by atoms with van der Waals surface area (Å²) in [6.45, 7) is 5.37. The third-order valence-corrected chi connectivity index (χ3v) is 8.28. The van der Waals surface area contributed by atoms with E-state index in [-0.39, 0.29) is 11.8 Å². The molecule has 2 N–H and O–H groups in total. The smallest absolute Gasteiger partial charge is 0.337 e. The molecule has 0 unspecified atom stereocenters. The molecule has 210 valence electrons. The molecule has 3 aromatic carbocycles. The molecule has 8 nitrogen and oxygen atoms in total. The molecule has 0 atom stereocenters. The number of likely N-dealkylation sites (tertiary alicyclic amines) is 1. The zero-order chi connectivity index (χ0) is 28.5. The fourth-order valence-corrected chi connectivity index (χ4v) is 5.93. The third-order valence-electron chi connectivity index (χ3n) is 8.28. The quantitative estimate of drug-likeness (QED) is 0.331. The van der Waals surface area contributed by atoms with Crippen molar-refractivity contribution in [2.75, 3.05) is 48.8 Å². The number of piperidine rings is 1. The molecule has 0 bridgehead atoms. The minimum absolute atomic E-state index is 0.150. The summed E-state index contributed by atoms with van der Waals surface area (Å²) in [7, 11) is 1.33. The second-order valence-corrected chi connectivity index (χ2v) is 11.0. The van der Waals surface area contributed by atoms with Crippen molar-refractivity contribution in [1.29, 1.82) is 0 Å². The van der Waals surface area contributed by atoms with Crippen LogP contribution in [0.25, 0.3) is 11.3 Å². The van der Waals surface area contributed by atoms with Gasteiger partial charge in [-0.1, -0.05) is 43.3 Å². The molecular weight excluding hydrogens is 516 g/mol. The van der Waals surface area contributed by atoms with Crippen LogP contribution < -0.4 is 15.5 Å². The fraction of sp³-hybridized carbons (Fsp3) is 0.303. The lowest BCUT2D eigenvalue weighted by Gasteiger charge is -2.31.